The smallest absolute Gasteiger partial charge is 0.231 e. The Labute approximate surface area is 124 Å². The van der Waals surface area contributed by atoms with Gasteiger partial charge in [0.05, 0.1) is 0 Å². The van der Waals surface area contributed by atoms with Gasteiger partial charge in [-0.3, -0.25) is 0 Å². The Morgan fingerprint density at radius 2 is 1.65 bits per heavy atom. The van der Waals surface area contributed by atoms with E-state index in [0.717, 1.165) is 6.54 Å². The van der Waals surface area contributed by atoms with Crippen LogP contribution in [-0.4, -0.2) is 36.1 Å². The van der Waals surface area contributed by atoms with Gasteiger partial charge in [0.2, 0.25) is 17.2 Å². The van der Waals surface area contributed by atoms with E-state index in [4.69, 9.17) is 11.6 Å². The predicted octanol–water partition coefficient (Wildman–Crippen LogP) is 2.54. The Balaban J connectivity index is 2.25. The van der Waals surface area contributed by atoms with Crippen LogP contribution in [0.2, 0.25) is 5.28 Å². The van der Waals surface area contributed by atoms with Gasteiger partial charge in [0.15, 0.2) is 0 Å². The fourth-order valence-electron chi connectivity index (χ4n) is 1.81. The Kier molecular flexibility index (Phi) is 4.39. The molecule has 0 radical (unpaired) electrons. The van der Waals surface area contributed by atoms with Crippen molar-refractivity contribution in [3.05, 3.63) is 40.7 Å². The zero-order valence-corrected chi connectivity index (χ0v) is 12.9. The summed E-state index contributed by atoms with van der Waals surface area (Å²) in [4.78, 5) is 16.4. The van der Waals surface area contributed by atoms with Crippen molar-refractivity contribution in [2.24, 2.45) is 0 Å². The first-order valence-electron chi connectivity index (χ1n) is 6.32. The van der Waals surface area contributed by atoms with Gasteiger partial charge in [0.25, 0.3) is 0 Å². The molecule has 2 rings (SSSR count). The summed E-state index contributed by atoms with van der Waals surface area (Å²) in [5.41, 5.74) is 2.48. The van der Waals surface area contributed by atoms with Crippen molar-refractivity contribution >= 4 is 23.5 Å². The molecule has 1 heterocycles. The van der Waals surface area contributed by atoms with Crippen molar-refractivity contribution in [2.75, 3.05) is 30.9 Å². The second kappa shape index (κ2) is 6.05. The molecule has 0 aliphatic heterocycles. The average Bonchev–Trinajstić information content (AvgIpc) is 2.40. The zero-order chi connectivity index (χ0) is 14.7. The second-order valence-corrected chi connectivity index (χ2v) is 5.22. The summed E-state index contributed by atoms with van der Waals surface area (Å²) >= 11 is 5.96. The van der Waals surface area contributed by atoms with E-state index in [1.807, 2.05) is 38.2 Å². The van der Waals surface area contributed by atoms with Crippen LogP contribution in [0.25, 0.3) is 0 Å². The molecule has 1 aromatic carbocycles. The number of halogens is 1. The van der Waals surface area contributed by atoms with E-state index in [0.29, 0.717) is 11.9 Å². The molecule has 0 atom stereocenters. The second-order valence-electron chi connectivity index (χ2n) is 4.88. The minimum Gasteiger partial charge on any atom is -0.347 e. The first kappa shape index (κ1) is 14.5. The SMILES string of the molecule is Cc1ccccc1CN(C)c1nc(Cl)nc(N(C)C)n1. The van der Waals surface area contributed by atoms with Crippen molar-refractivity contribution in [2.45, 2.75) is 13.5 Å². The largest absolute Gasteiger partial charge is 0.347 e. The van der Waals surface area contributed by atoms with Crippen LogP contribution in [0.5, 0.6) is 0 Å². The highest BCUT2D eigenvalue weighted by atomic mass is 35.5. The van der Waals surface area contributed by atoms with Gasteiger partial charge < -0.3 is 9.80 Å². The van der Waals surface area contributed by atoms with Gasteiger partial charge in [-0.2, -0.15) is 15.0 Å². The summed E-state index contributed by atoms with van der Waals surface area (Å²) in [5, 5.41) is 0.204. The summed E-state index contributed by atoms with van der Waals surface area (Å²) in [5.74, 6) is 1.12. The molecule has 1 aromatic heterocycles. The normalized spacial score (nSPS) is 10.4. The highest BCUT2D eigenvalue weighted by Crippen LogP contribution is 2.17. The van der Waals surface area contributed by atoms with Gasteiger partial charge in [-0.25, -0.2) is 0 Å². The van der Waals surface area contributed by atoms with Crippen molar-refractivity contribution in [1.29, 1.82) is 0 Å². The molecule has 5 nitrogen and oxygen atoms in total. The standard InChI is InChI=1S/C14H18ClN5/c1-10-7-5-6-8-11(10)9-20(4)14-17-12(15)16-13(18-14)19(2)3/h5-8H,9H2,1-4H3. The van der Waals surface area contributed by atoms with E-state index in [-0.39, 0.29) is 5.28 Å². The van der Waals surface area contributed by atoms with Gasteiger partial charge in [-0.05, 0) is 29.7 Å². The van der Waals surface area contributed by atoms with Crippen molar-refractivity contribution in [1.82, 2.24) is 15.0 Å². The maximum absolute atomic E-state index is 5.96. The van der Waals surface area contributed by atoms with E-state index < -0.39 is 0 Å². The van der Waals surface area contributed by atoms with Gasteiger partial charge in [0.1, 0.15) is 0 Å². The highest BCUT2D eigenvalue weighted by Gasteiger charge is 2.11. The molecule has 0 aliphatic rings. The third-order valence-corrected chi connectivity index (χ3v) is 3.16. The lowest BCUT2D eigenvalue weighted by Gasteiger charge is -2.20. The first-order chi connectivity index (χ1) is 9.47. The lowest BCUT2D eigenvalue weighted by atomic mass is 10.1. The summed E-state index contributed by atoms with van der Waals surface area (Å²) in [6, 6.07) is 8.25. The molecule has 106 valence electrons. The van der Waals surface area contributed by atoms with Crippen LogP contribution in [0.4, 0.5) is 11.9 Å². The number of benzene rings is 1. The van der Waals surface area contributed by atoms with E-state index in [2.05, 4.69) is 34.0 Å². The van der Waals surface area contributed by atoms with E-state index in [9.17, 15) is 0 Å². The minimum absolute atomic E-state index is 0.204. The molecule has 0 spiro atoms. The zero-order valence-electron chi connectivity index (χ0n) is 12.1. The topological polar surface area (TPSA) is 45.2 Å². The predicted molar refractivity (Wildman–Crippen MR) is 82.5 cm³/mol. The number of anilines is 2. The fraction of sp³-hybridized carbons (Fsp3) is 0.357. The Bertz CT molecular complexity index is 600. The number of aryl methyl sites for hydroxylation is 1. The number of hydrogen-bond donors (Lipinski definition) is 0. The van der Waals surface area contributed by atoms with Crippen LogP contribution in [0.1, 0.15) is 11.1 Å². The Morgan fingerprint density at radius 3 is 2.30 bits per heavy atom. The monoisotopic (exact) mass is 291 g/mol. The number of hydrogen-bond acceptors (Lipinski definition) is 5. The van der Waals surface area contributed by atoms with Crippen molar-refractivity contribution in [3.63, 3.8) is 0 Å². The lowest BCUT2D eigenvalue weighted by Crippen LogP contribution is -2.22. The van der Waals surface area contributed by atoms with Crippen LogP contribution in [-0.2, 0) is 6.54 Å². The summed E-state index contributed by atoms with van der Waals surface area (Å²) in [6.45, 7) is 2.81. The van der Waals surface area contributed by atoms with Crippen molar-refractivity contribution in [3.8, 4) is 0 Å². The highest BCUT2D eigenvalue weighted by molar-refractivity contribution is 6.28. The lowest BCUT2D eigenvalue weighted by molar-refractivity contribution is 0.838. The molecule has 2 aromatic rings. The van der Waals surface area contributed by atoms with Crippen LogP contribution in [0, 0.1) is 6.92 Å². The van der Waals surface area contributed by atoms with Gasteiger partial charge in [-0.15, -0.1) is 0 Å². The van der Waals surface area contributed by atoms with Crippen molar-refractivity contribution < 1.29 is 0 Å². The molecular weight excluding hydrogens is 274 g/mol. The molecule has 0 saturated carbocycles. The molecule has 0 amide bonds. The molecule has 0 unspecified atom stereocenters. The van der Waals surface area contributed by atoms with Crippen LogP contribution >= 0.6 is 11.6 Å². The summed E-state index contributed by atoms with van der Waals surface area (Å²) in [7, 11) is 5.69. The third-order valence-electron chi connectivity index (χ3n) is 2.99. The molecule has 0 bridgehead atoms. The minimum atomic E-state index is 0.204. The first-order valence-corrected chi connectivity index (χ1v) is 6.69. The number of nitrogens with zero attached hydrogens (tertiary/aromatic N) is 5. The molecular formula is C14H18ClN5. The molecule has 0 aliphatic carbocycles. The average molecular weight is 292 g/mol. The summed E-state index contributed by atoms with van der Waals surface area (Å²) in [6.07, 6.45) is 0. The molecule has 0 saturated heterocycles. The Morgan fingerprint density at radius 1 is 1.00 bits per heavy atom. The number of aromatic nitrogens is 3. The molecule has 0 N–H and O–H groups in total. The molecule has 0 fully saturated rings. The van der Waals surface area contributed by atoms with Crippen LogP contribution in [0.3, 0.4) is 0 Å². The third kappa shape index (κ3) is 3.36. The molecule has 20 heavy (non-hydrogen) atoms. The number of rotatable bonds is 4. The molecule has 6 heteroatoms. The van der Waals surface area contributed by atoms with E-state index >= 15 is 0 Å². The maximum Gasteiger partial charge on any atom is 0.231 e. The van der Waals surface area contributed by atoms with E-state index in [1.54, 1.807) is 4.90 Å². The maximum atomic E-state index is 5.96. The Hall–Kier alpha value is -1.88. The van der Waals surface area contributed by atoms with E-state index in [1.165, 1.54) is 11.1 Å². The fourth-order valence-corrected chi connectivity index (χ4v) is 1.97. The summed E-state index contributed by atoms with van der Waals surface area (Å²) < 4.78 is 0. The van der Waals surface area contributed by atoms with Crippen LogP contribution in [0.15, 0.2) is 24.3 Å². The van der Waals surface area contributed by atoms with Gasteiger partial charge in [0, 0.05) is 27.7 Å². The quantitative estimate of drug-likeness (QED) is 0.866. The van der Waals surface area contributed by atoms with Crippen LogP contribution < -0.4 is 9.80 Å². The van der Waals surface area contributed by atoms with Gasteiger partial charge >= 0.3 is 0 Å². The van der Waals surface area contributed by atoms with Gasteiger partial charge in [-0.1, -0.05) is 24.3 Å².